The monoisotopic (exact) mass is 290 g/mol. The van der Waals surface area contributed by atoms with E-state index in [1.165, 1.54) is 19.6 Å². The van der Waals surface area contributed by atoms with Crippen molar-refractivity contribution in [2.45, 2.75) is 38.9 Å². The van der Waals surface area contributed by atoms with E-state index in [0.717, 1.165) is 5.56 Å². The standard InChI is InChI=1S/C16H22N2O3/c1-11-4-6-13(7-5-11)9-18-10-14(17-12(2)19)8-15(18)16(20)21-3/h4-7,14-15H,8-10H2,1-3H3,(H,17,19)/t14-,15-/m0/s1. The van der Waals surface area contributed by atoms with Crippen LogP contribution in [0, 0.1) is 6.92 Å². The number of esters is 1. The molecule has 21 heavy (non-hydrogen) atoms. The average Bonchev–Trinajstić information content (AvgIpc) is 2.82. The van der Waals surface area contributed by atoms with Gasteiger partial charge in [-0.1, -0.05) is 29.8 Å². The molecule has 1 fully saturated rings. The molecule has 0 aromatic heterocycles. The Labute approximate surface area is 125 Å². The summed E-state index contributed by atoms with van der Waals surface area (Å²) in [5, 5.41) is 2.89. The number of carbonyl (C=O) groups excluding carboxylic acids is 2. The summed E-state index contributed by atoms with van der Waals surface area (Å²) in [7, 11) is 1.40. The van der Waals surface area contributed by atoms with E-state index >= 15 is 0 Å². The normalized spacial score (nSPS) is 22.0. The summed E-state index contributed by atoms with van der Waals surface area (Å²) < 4.78 is 4.88. The molecule has 1 N–H and O–H groups in total. The van der Waals surface area contributed by atoms with Crippen molar-refractivity contribution in [2.24, 2.45) is 0 Å². The highest BCUT2D eigenvalue weighted by Gasteiger charge is 2.37. The maximum Gasteiger partial charge on any atom is 0.323 e. The molecule has 1 aliphatic heterocycles. The van der Waals surface area contributed by atoms with E-state index < -0.39 is 0 Å². The summed E-state index contributed by atoms with van der Waals surface area (Å²) >= 11 is 0. The number of amides is 1. The minimum atomic E-state index is -0.298. The summed E-state index contributed by atoms with van der Waals surface area (Å²) in [6, 6.07) is 7.95. The van der Waals surface area contributed by atoms with E-state index in [0.29, 0.717) is 19.5 Å². The summed E-state index contributed by atoms with van der Waals surface area (Å²) in [6.07, 6.45) is 0.595. The fourth-order valence-electron chi connectivity index (χ4n) is 2.78. The lowest BCUT2D eigenvalue weighted by atomic mass is 10.1. The van der Waals surface area contributed by atoms with E-state index in [-0.39, 0.29) is 24.0 Å². The van der Waals surface area contributed by atoms with Gasteiger partial charge in [0, 0.05) is 26.1 Å². The topological polar surface area (TPSA) is 58.6 Å². The Kier molecular flexibility index (Phi) is 4.96. The quantitative estimate of drug-likeness (QED) is 0.848. The number of nitrogens with zero attached hydrogens (tertiary/aromatic N) is 1. The highest BCUT2D eigenvalue weighted by molar-refractivity contribution is 5.77. The third-order valence-corrected chi connectivity index (χ3v) is 3.79. The molecule has 1 amide bonds. The first kappa shape index (κ1) is 15.5. The summed E-state index contributed by atoms with van der Waals surface area (Å²) in [5.41, 5.74) is 2.36. The molecule has 0 spiro atoms. The van der Waals surface area contributed by atoms with Gasteiger partial charge < -0.3 is 10.1 Å². The lowest BCUT2D eigenvalue weighted by molar-refractivity contribution is -0.146. The molecule has 1 saturated heterocycles. The van der Waals surface area contributed by atoms with Gasteiger partial charge in [-0.15, -0.1) is 0 Å². The second kappa shape index (κ2) is 6.72. The molecule has 2 rings (SSSR count). The zero-order chi connectivity index (χ0) is 15.4. The van der Waals surface area contributed by atoms with Crippen molar-refractivity contribution in [3.8, 4) is 0 Å². The van der Waals surface area contributed by atoms with Crippen LogP contribution in [0.5, 0.6) is 0 Å². The van der Waals surface area contributed by atoms with Gasteiger partial charge in [0.05, 0.1) is 7.11 Å². The van der Waals surface area contributed by atoms with Gasteiger partial charge in [-0.2, -0.15) is 0 Å². The zero-order valence-electron chi connectivity index (χ0n) is 12.8. The van der Waals surface area contributed by atoms with Gasteiger partial charge >= 0.3 is 5.97 Å². The number of carbonyl (C=O) groups is 2. The van der Waals surface area contributed by atoms with Crippen molar-refractivity contribution < 1.29 is 14.3 Å². The van der Waals surface area contributed by atoms with Crippen molar-refractivity contribution in [3.05, 3.63) is 35.4 Å². The van der Waals surface area contributed by atoms with Crippen LogP contribution >= 0.6 is 0 Å². The van der Waals surface area contributed by atoms with Crippen LogP contribution in [0.3, 0.4) is 0 Å². The molecule has 2 atom stereocenters. The van der Waals surface area contributed by atoms with Crippen LogP contribution in [0.25, 0.3) is 0 Å². The van der Waals surface area contributed by atoms with E-state index in [4.69, 9.17) is 4.74 Å². The number of hydrogen-bond donors (Lipinski definition) is 1. The number of ether oxygens (including phenoxy) is 1. The van der Waals surface area contributed by atoms with Crippen LogP contribution in [0.1, 0.15) is 24.5 Å². The lowest BCUT2D eigenvalue weighted by Gasteiger charge is -2.22. The summed E-state index contributed by atoms with van der Waals surface area (Å²) in [6.45, 7) is 4.88. The van der Waals surface area contributed by atoms with Crippen LogP contribution in [0.4, 0.5) is 0 Å². The minimum Gasteiger partial charge on any atom is -0.468 e. The average molecular weight is 290 g/mol. The third kappa shape index (κ3) is 4.04. The SMILES string of the molecule is COC(=O)[C@@H]1C[C@H](NC(C)=O)CN1Cc1ccc(C)cc1. The van der Waals surface area contributed by atoms with Crippen LogP contribution in [-0.2, 0) is 20.9 Å². The molecule has 0 saturated carbocycles. The number of nitrogens with one attached hydrogen (secondary N) is 1. The number of aryl methyl sites for hydroxylation is 1. The molecular weight excluding hydrogens is 268 g/mol. The van der Waals surface area contributed by atoms with Gasteiger partial charge in [-0.05, 0) is 18.9 Å². The second-order valence-corrected chi connectivity index (χ2v) is 5.59. The first-order chi connectivity index (χ1) is 9.99. The van der Waals surface area contributed by atoms with Crippen molar-refractivity contribution in [2.75, 3.05) is 13.7 Å². The Balaban J connectivity index is 2.08. The molecule has 1 aromatic carbocycles. The van der Waals surface area contributed by atoms with Gasteiger partial charge in [0.25, 0.3) is 0 Å². The Morgan fingerprint density at radius 3 is 2.57 bits per heavy atom. The highest BCUT2D eigenvalue weighted by atomic mass is 16.5. The molecule has 0 aliphatic carbocycles. The first-order valence-corrected chi connectivity index (χ1v) is 7.14. The molecule has 0 unspecified atom stereocenters. The highest BCUT2D eigenvalue weighted by Crippen LogP contribution is 2.22. The fourth-order valence-corrected chi connectivity index (χ4v) is 2.78. The van der Waals surface area contributed by atoms with Crippen LogP contribution in [0.15, 0.2) is 24.3 Å². The van der Waals surface area contributed by atoms with Gasteiger partial charge in [0.15, 0.2) is 0 Å². The van der Waals surface area contributed by atoms with Gasteiger partial charge in [-0.3, -0.25) is 14.5 Å². The van der Waals surface area contributed by atoms with Crippen LogP contribution in [0.2, 0.25) is 0 Å². The predicted molar refractivity (Wildman–Crippen MR) is 79.6 cm³/mol. The van der Waals surface area contributed by atoms with Crippen molar-refractivity contribution in [1.82, 2.24) is 10.2 Å². The van der Waals surface area contributed by atoms with Crippen LogP contribution in [-0.4, -0.2) is 42.5 Å². The molecular formula is C16H22N2O3. The number of methoxy groups -OCH3 is 1. The summed E-state index contributed by atoms with van der Waals surface area (Å²) in [4.78, 5) is 25.2. The largest absolute Gasteiger partial charge is 0.468 e. The Morgan fingerprint density at radius 2 is 2.00 bits per heavy atom. The van der Waals surface area contributed by atoms with Gasteiger partial charge in [0.1, 0.15) is 6.04 Å². The first-order valence-electron chi connectivity index (χ1n) is 7.14. The number of hydrogen-bond acceptors (Lipinski definition) is 4. The molecule has 114 valence electrons. The number of rotatable bonds is 4. The van der Waals surface area contributed by atoms with E-state index in [1.54, 1.807) is 0 Å². The Hall–Kier alpha value is -1.88. The smallest absolute Gasteiger partial charge is 0.323 e. The van der Waals surface area contributed by atoms with Crippen molar-refractivity contribution >= 4 is 11.9 Å². The van der Waals surface area contributed by atoms with E-state index in [1.807, 2.05) is 6.92 Å². The second-order valence-electron chi connectivity index (χ2n) is 5.59. The molecule has 5 nitrogen and oxygen atoms in total. The predicted octanol–water partition coefficient (Wildman–Crippen LogP) is 1.25. The van der Waals surface area contributed by atoms with Gasteiger partial charge in [0.2, 0.25) is 5.91 Å². The molecule has 0 bridgehead atoms. The Morgan fingerprint density at radius 1 is 1.33 bits per heavy atom. The van der Waals surface area contributed by atoms with E-state index in [9.17, 15) is 9.59 Å². The number of likely N-dealkylation sites (tertiary alicyclic amines) is 1. The maximum absolute atomic E-state index is 11.9. The minimum absolute atomic E-state index is 0.00273. The third-order valence-electron chi connectivity index (χ3n) is 3.79. The molecule has 1 heterocycles. The maximum atomic E-state index is 11.9. The van der Waals surface area contributed by atoms with Gasteiger partial charge in [-0.25, -0.2) is 0 Å². The van der Waals surface area contributed by atoms with Crippen molar-refractivity contribution in [3.63, 3.8) is 0 Å². The number of benzene rings is 1. The summed E-state index contributed by atoms with van der Waals surface area (Å²) in [5.74, 6) is -0.309. The van der Waals surface area contributed by atoms with Crippen molar-refractivity contribution in [1.29, 1.82) is 0 Å². The molecule has 5 heteroatoms. The molecule has 1 aromatic rings. The fraction of sp³-hybridized carbons (Fsp3) is 0.500. The molecule has 0 radical (unpaired) electrons. The molecule has 1 aliphatic rings. The van der Waals surface area contributed by atoms with Crippen LogP contribution < -0.4 is 5.32 Å². The van der Waals surface area contributed by atoms with E-state index in [2.05, 4.69) is 34.5 Å². The lowest BCUT2D eigenvalue weighted by Crippen LogP contribution is -2.37. The zero-order valence-corrected chi connectivity index (χ0v) is 12.8. The Bertz CT molecular complexity index is 513.